The lowest BCUT2D eigenvalue weighted by Crippen LogP contribution is -2.31. The summed E-state index contributed by atoms with van der Waals surface area (Å²) in [7, 11) is -3.50. The van der Waals surface area contributed by atoms with Crippen LogP contribution >= 0.6 is 0 Å². The van der Waals surface area contributed by atoms with Crippen LogP contribution < -0.4 is 5.32 Å². The third-order valence-corrected chi connectivity index (χ3v) is 5.91. The summed E-state index contributed by atoms with van der Waals surface area (Å²) in [6, 6.07) is 6.02. The zero-order valence-electron chi connectivity index (χ0n) is 14.4. The molecule has 8 heteroatoms. The lowest BCUT2D eigenvalue weighted by molar-refractivity contribution is -0.146. The van der Waals surface area contributed by atoms with Crippen molar-refractivity contribution in [3.63, 3.8) is 0 Å². The molecule has 1 fully saturated rings. The fourth-order valence-corrected chi connectivity index (χ4v) is 4.10. The second-order valence-electron chi connectivity index (χ2n) is 5.91. The Balaban J connectivity index is 1.98. The number of benzene rings is 1. The topological polar surface area (TPSA) is 92.8 Å². The highest BCUT2D eigenvalue weighted by molar-refractivity contribution is 7.89. The molecule has 1 saturated heterocycles. The summed E-state index contributed by atoms with van der Waals surface area (Å²) in [6.45, 7) is 2.37. The van der Waals surface area contributed by atoms with Gasteiger partial charge >= 0.3 is 5.97 Å². The van der Waals surface area contributed by atoms with Crippen LogP contribution in [-0.2, 0) is 24.3 Å². The van der Waals surface area contributed by atoms with E-state index < -0.39 is 21.9 Å². The van der Waals surface area contributed by atoms with Crippen molar-refractivity contribution < 1.29 is 22.7 Å². The predicted molar refractivity (Wildman–Crippen MR) is 93.5 cm³/mol. The fourth-order valence-electron chi connectivity index (χ4n) is 2.59. The molecule has 0 atom stereocenters. The van der Waals surface area contributed by atoms with Crippen molar-refractivity contribution in [2.24, 2.45) is 0 Å². The maximum Gasteiger partial charge on any atom is 0.306 e. The van der Waals surface area contributed by atoms with Crippen LogP contribution in [0.2, 0.25) is 0 Å². The first-order valence-corrected chi connectivity index (χ1v) is 9.93. The van der Waals surface area contributed by atoms with Gasteiger partial charge in [0.25, 0.3) is 5.91 Å². The lowest BCUT2D eigenvalue weighted by atomic mass is 10.2. The molecule has 1 aliphatic rings. The van der Waals surface area contributed by atoms with Gasteiger partial charge in [0.05, 0.1) is 4.90 Å². The first-order valence-electron chi connectivity index (χ1n) is 8.49. The zero-order valence-corrected chi connectivity index (χ0v) is 15.2. The number of carbonyl (C=O) groups is 2. The Morgan fingerprint density at radius 3 is 2.24 bits per heavy atom. The van der Waals surface area contributed by atoms with Crippen LogP contribution in [0.15, 0.2) is 29.2 Å². The largest absolute Gasteiger partial charge is 0.456 e. The molecule has 0 spiro atoms. The Morgan fingerprint density at radius 1 is 1.08 bits per heavy atom. The molecular formula is C17H24N2O5S. The maximum atomic E-state index is 12.7. The molecule has 1 aliphatic heterocycles. The molecule has 25 heavy (non-hydrogen) atoms. The molecule has 0 aliphatic carbocycles. The van der Waals surface area contributed by atoms with Crippen molar-refractivity contribution in [2.45, 2.75) is 43.9 Å². The molecule has 0 unspecified atom stereocenters. The normalized spacial score (nSPS) is 16.0. The van der Waals surface area contributed by atoms with E-state index in [2.05, 4.69) is 5.32 Å². The number of hydrogen-bond acceptors (Lipinski definition) is 5. The Kier molecular flexibility index (Phi) is 6.95. The van der Waals surface area contributed by atoms with Gasteiger partial charge in [-0.15, -0.1) is 0 Å². The highest BCUT2D eigenvalue weighted by Gasteiger charge is 2.24. The number of hydrogen-bond donors (Lipinski definition) is 1. The van der Waals surface area contributed by atoms with Gasteiger partial charge in [-0.05, 0) is 37.1 Å². The molecular weight excluding hydrogens is 344 g/mol. The van der Waals surface area contributed by atoms with Crippen LogP contribution in [0.1, 0.15) is 39.0 Å². The summed E-state index contributed by atoms with van der Waals surface area (Å²) in [5, 5.41) is 2.56. The molecule has 1 aromatic carbocycles. The van der Waals surface area contributed by atoms with Crippen LogP contribution in [0.25, 0.3) is 0 Å². The first kappa shape index (κ1) is 19.4. The van der Waals surface area contributed by atoms with Gasteiger partial charge in [-0.2, -0.15) is 4.31 Å². The number of sulfonamides is 1. The maximum absolute atomic E-state index is 12.7. The predicted octanol–water partition coefficient (Wildman–Crippen LogP) is 2.14. The van der Waals surface area contributed by atoms with E-state index in [0.717, 1.165) is 25.7 Å². The number of amides is 1. The highest BCUT2D eigenvalue weighted by atomic mass is 32.2. The minimum Gasteiger partial charge on any atom is -0.456 e. The molecule has 1 heterocycles. The number of nitrogens with zero attached hydrogens (tertiary/aromatic N) is 1. The lowest BCUT2D eigenvalue weighted by Gasteiger charge is -2.20. The van der Waals surface area contributed by atoms with Crippen molar-refractivity contribution >= 4 is 27.6 Å². The number of carbonyl (C=O) groups excluding carboxylic acids is 2. The van der Waals surface area contributed by atoms with Gasteiger partial charge in [-0.3, -0.25) is 9.59 Å². The molecule has 7 nitrogen and oxygen atoms in total. The third-order valence-electron chi connectivity index (χ3n) is 3.99. The summed E-state index contributed by atoms with van der Waals surface area (Å²) in [5.74, 6) is -0.918. The quantitative estimate of drug-likeness (QED) is 0.777. The van der Waals surface area contributed by atoms with Crippen LogP contribution in [0.4, 0.5) is 5.69 Å². The molecule has 0 radical (unpaired) electrons. The summed E-state index contributed by atoms with van der Waals surface area (Å²) < 4.78 is 31.6. The van der Waals surface area contributed by atoms with Gasteiger partial charge in [0.2, 0.25) is 10.0 Å². The molecule has 1 N–H and O–H groups in total. The van der Waals surface area contributed by atoms with Crippen molar-refractivity contribution in [3.05, 3.63) is 24.3 Å². The fraction of sp³-hybridized carbons (Fsp3) is 0.529. The molecule has 0 saturated carbocycles. The number of esters is 1. The van der Waals surface area contributed by atoms with Crippen LogP contribution in [0.5, 0.6) is 0 Å². The smallest absolute Gasteiger partial charge is 0.306 e. The van der Waals surface area contributed by atoms with E-state index in [1.807, 2.05) is 0 Å². The summed E-state index contributed by atoms with van der Waals surface area (Å²) in [6.07, 6.45) is 4.07. The van der Waals surface area contributed by atoms with Gasteiger partial charge in [0.1, 0.15) is 0 Å². The molecule has 0 aromatic heterocycles. The number of nitrogens with one attached hydrogen (secondary N) is 1. The first-order chi connectivity index (χ1) is 11.9. The molecule has 138 valence electrons. The summed E-state index contributed by atoms with van der Waals surface area (Å²) in [4.78, 5) is 22.9. The summed E-state index contributed by atoms with van der Waals surface area (Å²) >= 11 is 0. The van der Waals surface area contributed by atoms with Crippen molar-refractivity contribution in [3.8, 4) is 0 Å². The molecule has 0 bridgehead atoms. The van der Waals surface area contributed by atoms with E-state index in [1.165, 1.54) is 28.6 Å². The summed E-state index contributed by atoms with van der Waals surface area (Å²) in [5.41, 5.74) is 0.451. The van der Waals surface area contributed by atoms with Gasteiger partial charge in [0, 0.05) is 25.2 Å². The second kappa shape index (κ2) is 8.96. The van der Waals surface area contributed by atoms with Gasteiger partial charge < -0.3 is 10.1 Å². The van der Waals surface area contributed by atoms with E-state index in [0.29, 0.717) is 18.8 Å². The van der Waals surface area contributed by atoms with Gasteiger partial charge in [-0.25, -0.2) is 8.42 Å². The van der Waals surface area contributed by atoms with Crippen LogP contribution in [-0.4, -0.2) is 44.3 Å². The average Bonchev–Trinajstić information content (AvgIpc) is 2.90. The monoisotopic (exact) mass is 368 g/mol. The van der Waals surface area contributed by atoms with Crippen molar-refractivity contribution in [1.82, 2.24) is 4.31 Å². The SMILES string of the molecule is CCC(=O)OCC(=O)Nc1ccc(S(=O)(=O)N2CCCCCC2)cc1. The van der Waals surface area contributed by atoms with Crippen LogP contribution in [0, 0.1) is 0 Å². The Bertz CT molecular complexity index is 692. The number of rotatable bonds is 6. The third kappa shape index (κ3) is 5.54. The van der Waals surface area contributed by atoms with Crippen molar-refractivity contribution in [2.75, 3.05) is 25.0 Å². The molecule has 1 aromatic rings. The minimum absolute atomic E-state index is 0.205. The molecule has 2 rings (SSSR count). The van der Waals surface area contributed by atoms with E-state index >= 15 is 0 Å². The van der Waals surface area contributed by atoms with E-state index in [1.54, 1.807) is 6.92 Å². The number of ether oxygens (including phenoxy) is 1. The Hall–Kier alpha value is -1.93. The van der Waals surface area contributed by atoms with Gasteiger partial charge in [0.15, 0.2) is 6.61 Å². The second-order valence-corrected chi connectivity index (χ2v) is 7.84. The van der Waals surface area contributed by atoms with E-state index in [9.17, 15) is 18.0 Å². The number of anilines is 1. The van der Waals surface area contributed by atoms with Crippen LogP contribution in [0.3, 0.4) is 0 Å². The van der Waals surface area contributed by atoms with Gasteiger partial charge in [-0.1, -0.05) is 19.8 Å². The van der Waals surface area contributed by atoms with E-state index in [-0.39, 0.29) is 17.9 Å². The Morgan fingerprint density at radius 2 is 1.68 bits per heavy atom. The Labute approximate surface area is 148 Å². The highest BCUT2D eigenvalue weighted by Crippen LogP contribution is 2.21. The zero-order chi connectivity index (χ0) is 18.3. The molecule has 1 amide bonds. The minimum atomic E-state index is -3.50. The average molecular weight is 368 g/mol. The standard InChI is InChI=1S/C17H24N2O5S/c1-2-17(21)24-13-16(20)18-14-7-9-15(10-8-14)25(22,23)19-11-5-3-4-6-12-19/h7-10H,2-6,11-13H2,1H3,(H,18,20). The van der Waals surface area contributed by atoms with Crippen molar-refractivity contribution in [1.29, 1.82) is 0 Å². The van der Waals surface area contributed by atoms with E-state index in [4.69, 9.17) is 4.74 Å².